The second-order valence-corrected chi connectivity index (χ2v) is 10.0. The Morgan fingerprint density at radius 2 is 1.62 bits per heavy atom. The molecule has 1 rings (SSSR count). The Morgan fingerprint density at radius 3 is 2.08 bits per heavy atom. The highest BCUT2D eigenvalue weighted by atomic mass is 16.6. The molecule has 0 aromatic heterocycles. The topological polar surface area (TPSA) is 177 Å². The average Bonchev–Trinajstić information content (AvgIpc) is 2.78. The Morgan fingerprint density at radius 1 is 1.05 bits per heavy atom. The average molecular weight is 523 g/mol. The normalized spacial score (nSPS) is 13.1. The molecule has 1 aromatic carbocycles. The van der Waals surface area contributed by atoms with Crippen molar-refractivity contribution in [3.63, 3.8) is 0 Å². The number of esters is 1. The number of carbonyl (C=O) groups is 5. The zero-order chi connectivity index (χ0) is 28.6. The number of primary amides is 1. The minimum atomic E-state index is -1.45. The molecule has 0 bridgehead atoms. The first-order chi connectivity index (χ1) is 17.0. The van der Waals surface area contributed by atoms with Gasteiger partial charge in [-0.3, -0.25) is 19.2 Å². The fourth-order valence-corrected chi connectivity index (χ4v) is 3.37. The number of nitrogens with two attached hydrogens (primary N) is 1. The van der Waals surface area contributed by atoms with Gasteiger partial charge in [0.2, 0.25) is 17.7 Å². The van der Waals surface area contributed by atoms with Gasteiger partial charge in [0, 0.05) is 5.54 Å². The van der Waals surface area contributed by atoms with Crippen molar-refractivity contribution in [2.45, 2.75) is 77.6 Å². The summed E-state index contributed by atoms with van der Waals surface area (Å²) in [5, 5.41) is 14.6. The lowest BCUT2D eigenvalue weighted by Crippen LogP contribution is -2.60. The first-order valence-corrected chi connectivity index (χ1v) is 11.8. The Balaban J connectivity index is 3.62. The van der Waals surface area contributed by atoms with Crippen molar-refractivity contribution in [3.05, 3.63) is 29.8 Å². The SMILES string of the molecule is CCC(C)(C)N(C(=O)C(CC(N)=O)NC(=O)OC(C)(C)C)C(C(=O)NCC(=O)OC)c1ccc(O)cc1. The number of hydrogen-bond donors (Lipinski definition) is 4. The number of hydrogen-bond acceptors (Lipinski definition) is 8. The molecular formula is C25H38N4O8. The first-order valence-electron chi connectivity index (χ1n) is 11.8. The summed E-state index contributed by atoms with van der Waals surface area (Å²) in [5.74, 6) is -3.13. The smallest absolute Gasteiger partial charge is 0.408 e. The molecule has 0 saturated carbocycles. The number of alkyl carbamates (subject to hydrolysis) is 1. The molecule has 0 fully saturated rings. The van der Waals surface area contributed by atoms with E-state index in [9.17, 15) is 29.1 Å². The summed E-state index contributed by atoms with van der Waals surface area (Å²) in [4.78, 5) is 64.7. The summed E-state index contributed by atoms with van der Waals surface area (Å²) in [5.41, 5.74) is 3.81. The van der Waals surface area contributed by atoms with Crippen molar-refractivity contribution in [1.82, 2.24) is 15.5 Å². The number of ether oxygens (including phenoxy) is 2. The molecule has 206 valence electrons. The first kappa shape index (κ1) is 31.2. The second kappa shape index (κ2) is 12.9. The van der Waals surface area contributed by atoms with E-state index in [2.05, 4.69) is 15.4 Å². The second-order valence-electron chi connectivity index (χ2n) is 10.0. The van der Waals surface area contributed by atoms with E-state index in [0.717, 1.165) is 0 Å². The largest absolute Gasteiger partial charge is 0.508 e. The van der Waals surface area contributed by atoms with Crippen LogP contribution >= 0.6 is 0 Å². The van der Waals surface area contributed by atoms with E-state index in [4.69, 9.17) is 10.5 Å². The highest BCUT2D eigenvalue weighted by Crippen LogP contribution is 2.33. The highest BCUT2D eigenvalue weighted by Gasteiger charge is 2.43. The van der Waals surface area contributed by atoms with Crippen molar-refractivity contribution in [2.24, 2.45) is 5.73 Å². The predicted molar refractivity (Wildman–Crippen MR) is 134 cm³/mol. The van der Waals surface area contributed by atoms with Crippen LogP contribution in [0.5, 0.6) is 5.75 Å². The maximum absolute atomic E-state index is 14.0. The van der Waals surface area contributed by atoms with Gasteiger partial charge in [-0.2, -0.15) is 0 Å². The quantitative estimate of drug-likeness (QED) is 0.316. The lowest BCUT2D eigenvalue weighted by atomic mass is 9.91. The molecule has 1 aromatic rings. The van der Waals surface area contributed by atoms with Crippen LogP contribution in [0.1, 0.15) is 66.0 Å². The molecule has 37 heavy (non-hydrogen) atoms. The Kier molecular flexibility index (Phi) is 10.9. The Bertz CT molecular complexity index is 985. The molecule has 12 nitrogen and oxygen atoms in total. The lowest BCUT2D eigenvalue weighted by molar-refractivity contribution is -0.150. The van der Waals surface area contributed by atoms with Gasteiger partial charge in [-0.15, -0.1) is 0 Å². The van der Waals surface area contributed by atoms with Gasteiger partial charge in [0.25, 0.3) is 0 Å². The number of amides is 4. The van der Waals surface area contributed by atoms with Crippen molar-refractivity contribution >= 4 is 29.8 Å². The van der Waals surface area contributed by atoms with Crippen LogP contribution in [0.15, 0.2) is 24.3 Å². The molecule has 0 spiro atoms. The Labute approximate surface area is 216 Å². The lowest BCUT2D eigenvalue weighted by Gasteiger charge is -2.44. The van der Waals surface area contributed by atoms with E-state index in [-0.39, 0.29) is 5.75 Å². The van der Waals surface area contributed by atoms with E-state index in [1.54, 1.807) is 41.5 Å². The summed E-state index contributed by atoms with van der Waals surface area (Å²) in [6, 6.07) is 2.83. The van der Waals surface area contributed by atoms with Crippen LogP contribution in [0.25, 0.3) is 0 Å². The van der Waals surface area contributed by atoms with Crippen LogP contribution in [0.2, 0.25) is 0 Å². The third-order valence-electron chi connectivity index (χ3n) is 5.50. The van der Waals surface area contributed by atoms with Crippen molar-refractivity contribution in [2.75, 3.05) is 13.7 Å². The van der Waals surface area contributed by atoms with Crippen LogP contribution in [-0.2, 0) is 28.7 Å². The number of phenols is 1. The number of nitrogens with zero attached hydrogens (tertiary/aromatic N) is 1. The molecule has 0 saturated heterocycles. The van der Waals surface area contributed by atoms with Gasteiger partial charge in [0.15, 0.2) is 0 Å². The number of carbonyl (C=O) groups excluding carboxylic acids is 5. The number of benzene rings is 1. The van der Waals surface area contributed by atoms with Crippen molar-refractivity contribution < 1.29 is 38.6 Å². The fourth-order valence-electron chi connectivity index (χ4n) is 3.37. The molecule has 0 radical (unpaired) electrons. The minimum absolute atomic E-state index is 0.0664. The zero-order valence-electron chi connectivity index (χ0n) is 22.4. The molecule has 0 aliphatic carbocycles. The van der Waals surface area contributed by atoms with Gasteiger partial charge >= 0.3 is 12.1 Å². The summed E-state index contributed by atoms with van der Waals surface area (Å²) < 4.78 is 9.83. The van der Waals surface area contributed by atoms with Gasteiger partial charge < -0.3 is 35.8 Å². The zero-order valence-corrected chi connectivity index (χ0v) is 22.4. The summed E-state index contributed by atoms with van der Waals surface area (Å²) >= 11 is 0. The molecule has 2 unspecified atom stereocenters. The maximum atomic E-state index is 14.0. The number of rotatable bonds is 11. The van der Waals surface area contributed by atoms with Crippen molar-refractivity contribution in [3.8, 4) is 5.75 Å². The molecular weight excluding hydrogens is 484 g/mol. The maximum Gasteiger partial charge on any atom is 0.408 e. The third kappa shape index (κ3) is 9.62. The standard InChI is InChI=1S/C25H38N4O8/c1-8-25(5,6)29(22(34)17(13-18(26)31)28-23(35)37-24(2,3)4)20(15-9-11-16(30)12-10-15)21(33)27-14-19(32)36-7/h9-12,17,20,30H,8,13-14H2,1-7H3,(H2,26,31)(H,27,33)(H,28,35). The summed E-state index contributed by atoms with van der Waals surface area (Å²) in [6.07, 6.45) is -1.13. The highest BCUT2D eigenvalue weighted by molar-refractivity contribution is 5.95. The van der Waals surface area contributed by atoms with Gasteiger partial charge in [-0.05, 0) is 58.7 Å². The summed E-state index contributed by atoms with van der Waals surface area (Å²) in [6.45, 7) is 9.66. The van der Waals surface area contributed by atoms with Crippen molar-refractivity contribution in [1.29, 1.82) is 0 Å². The third-order valence-corrected chi connectivity index (χ3v) is 5.50. The monoisotopic (exact) mass is 522 g/mol. The number of phenolic OH excluding ortho intramolecular Hbond substituents is 1. The molecule has 0 heterocycles. The van der Waals surface area contributed by atoms with Gasteiger partial charge in [0.1, 0.15) is 30.0 Å². The van der Waals surface area contributed by atoms with Crippen LogP contribution in [0.4, 0.5) is 4.79 Å². The molecule has 0 aliphatic rings. The minimum Gasteiger partial charge on any atom is -0.508 e. The van der Waals surface area contributed by atoms with Gasteiger partial charge in [-0.1, -0.05) is 19.1 Å². The van der Waals surface area contributed by atoms with E-state index >= 15 is 0 Å². The number of nitrogens with one attached hydrogen (secondary N) is 2. The van der Waals surface area contributed by atoms with Crippen LogP contribution in [0.3, 0.4) is 0 Å². The molecule has 12 heteroatoms. The van der Waals surface area contributed by atoms with E-state index in [1.165, 1.54) is 36.3 Å². The Hall–Kier alpha value is -3.83. The van der Waals surface area contributed by atoms with E-state index in [0.29, 0.717) is 12.0 Å². The van der Waals surface area contributed by atoms with E-state index in [1.807, 2.05) is 0 Å². The number of methoxy groups -OCH3 is 1. The fraction of sp³-hybridized carbons (Fsp3) is 0.560. The van der Waals surface area contributed by atoms with Gasteiger partial charge in [-0.25, -0.2) is 4.79 Å². The molecule has 5 N–H and O–H groups in total. The molecule has 4 amide bonds. The van der Waals surface area contributed by atoms with Crippen LogP contribution in [0, 0.1) is 0 Å². The van der Waals surface area contributed by atoms with Crippen LogP contribution < -0.4 is 16.4 Å². The van der Waals surface area contributed by atoms with Crippen LogP contribution in [-0.4, -0.2) is 70.6 Å². The predicted octanol–water partition coefficient (Wildman–Crippen LogP) is 1.51. The summed E-state index contributed by atoms with van der Waals surface area (Å²) in [7, 11) is 1.17. The van der Waals surface area contributed by atoms with Gasteiger partial charge in [0.05, 0.1) is 13.5 Å². The molecule has 2 atom stereocenters. The van der Waals surface area contributed by atoms with E-state index < -0.39 is 66.0 Å². The number of aromatic hydroxyl groups is 1. The molecule has 0 aliphatic heterocycles.